The summed E-state index contributed by atoms with van der Waals surface area (Å²) in [5.41, 5.74) is 0.865. The first-order chi connectivity index (χ1) is 10.7. The summed E-state index contributed by atoms with van der Waals surface area (Å²) in [6, 6.07) is 20.2. The lowest BCUT2D eigenvalue weighted by Gasteiger charge is -2.26. The van der Waals surface area contributed by atoms with Gasteiger partial charge in [0.05, 0.1) is 0 Å². The highest BCUT2D eigenvalue weighted by molar-refractivity contribution is 8.22. The van der Waals surface area contributed by atoms with Gasteiger partial charge in [-0.15, -0.1) is 0 Å². The molecule has 2 nitrogen and oxygen atoms in total. The molecule has 0 fully saturated rings. The van der Waals surface area contributed by atoms with E-state index in [0.717, 1.165) is 10.5 Å². The number of hydrogen-bond donors (Lipinski definition) is 0. The van der Waals surface area contributed by atoms with Crippen LogP contribution in [0.5, 0.6) is 0 Å². The molecular weight excluding hydrogens is 332 g/mol. The number of thiocarbonyl (C=S) groups is 1. The molecule has 0 aliphatic rings. The average molecular weight is 351 g/mol. The van der Waals surface area contributed by atoms with Crippen LogP contribution < -0.4 is 0 Å². The molecular formula is C17H18O2S3. The summed E-state index contributed by atoms with van der Waals surface area (Å²) in [5.74, 6) is 0. The van der Waals surface area contributed by atoms with Crippen molar-refractivity contribution in [3.05, 3.63) is 66.2 Å². The van der Waals surface area contributed by atoms with E-state index in [1.165, 1.54) is 11.8 Å². The third kappa shape index (κ3) is 5.02. The predicted molar refractivity (Wildman–Crippen MR) is 99.5 cm³/mol. The number of benzene rings is 2. The fraction of sp³-hybridized carbons (Fsp3) is 0.235. The molecule has 0 N–H and O–H groups in total. The molecule has 2 rings (SSSR count). The Morgan fingerprint density at radius 2 is 1.59 bits per heavy atom. The van der Waals surface area contributed by atoms with Crippen molar-refractivity contribution < 1.29 is 9.47 Å². The van der Waals surface area contributed by atoms with E-state index in [2.05, 4.69) is 12.1 Å². The number of methoxy groups -OCH3 is 1. The monoisotopic (exact) mass is 350 g/mol. The summed E-state index contributed by atoms with van der Waals surface area (Å²) in [4.78, 5) is 1.13. The maximum atomic E-state index is 5.96. The molecule has 0 heterocycles. The van der Waals surface area contributed by atoms with E-state index in [0.29, 0.717) is 4.38 Å². The fourth-order valence-electron chi connectivity index (χ4n) is 1.94. The molecule has 22 heavy (non-hydrogen) atoms. The molecule has 2 unspecified atom stereocenters. The number of thioether (sulfide) groups is 2. The van der Waals surface area contributed by atoms with Gasteiger partial charge in [0, 0.05) is 12.0 Å². The average Bonchev–Trinajstić information content (AvgIpc) is 2.59. The summed E-state index contributed by atoms with van der Waals surface area (Å²) in [6.45, 7) is 0. The van der Waals surface area contributed by atoms with E-state index in [1.807, 2.05) is 54.8 Å². The molecule has 0 amide bonds. The van der Waals surface area contributed by atoms with Crippen LogP contribution in [-0.2, 0) is 9.47 Å². The Labute approximate surface area is 145 Å². The second kappa shape index (κ2) is 9.20. The maximum absolute atomic E-state index is 5.96. The summed E-state index contributed by atoms with van der Waals surface area (Å²) in [5, 5.41) is 0. The molecule has 2 aromatic carbocycles. The maximum Gasteiger partial charge on any atom is 0.220 e. The van der Waals surface area contributed by atoms with E-state index in [4.69, 9.17) is 21.7 Å². The summed E-state index contributed by atoms with van der Waals surface area (Å²) >= 11 is 8.29. The van der Waals surface area contributed by atoms with Crippen LogP contribution in [0.3, 0.4) is 0 Å². The van der Waals surface area contributed by atoms with Crippen LogP contribution in [0.1, 0.15) is 11.7 Å². The Morgan fingerprint density at radius 3 is 2.14 bits per heavy atom. The first kappa shape index (κ1) is 17.3. The molecule has 0 aliphatic heterocycles. The zero-order valence-corrected chi connectivity index (χ0v) is 14.9. The van der Waals surface area contributed by atoms with Crippen molar-refractivity contribution in [2.45, 2.75) is 16.4 Å². The van der Waals surface area contributed by atoms with Crippen LogP contribution in [0, 0.1) is 0 Å². The lowest BCUT2D eigenvalue weighted by molar-refractivity contribution is 0.0546. The molecule has 2 atom stereocenters. The smallest absolute Gasteiger partial charge is 0.220 e. The van der Waals surface area contributed by atoms with E-state index in [9.17, 15) is 0 Å². The van der Waals surface area contributed by atoms with Gasteiger partial charge >= 0.3 is 0 Å². The second-order valence-corrected chi connectivity index (χ2v) is 7.02. The van der Waals surface area contributed by atoms with Crippen LogP contribution >= 0.6 is 35.7 Å². The molecule has 0 saturated carbocycles. The van der Waals surface area contributed by atoms with Crippen LogP contribution in [0.25, 0.3) is 0 Å². The highest BCUT2D eigenvalue weighted by atomic mass is 32.2. The SMILES string of the molecule is COC(Sc1ccccc1)C(OC(=S)SC)c1ccccc1. The Kier molecular flexibility index (Phi) is 7.25. The normalized spacial score (nSPS) is 13.4. The molecule has 5 heteroatoms. The number of ether oxygens (including phenoxy) is 2. The van der Waals surface area contributed by atoms with Gasteiger partial charge in [-0.25, -0.2) is 0 Å². The van der Waals surface area contributed by atoms with Gasteiger partial charge in [-0.05, 0) is 36.2 Å². The van der Waals surface area contributed by atoms with Crippen molar-refractivity contribution in [2.75, 3.05) is 13.4 Å². The standard InChI is InChI=1S/C17H18O2S3/c1-18-16(22-14-11-7-4-8-12-14)15(19-17(20)21-2)13-9-5-3-6-10-13/h3-12,15-16H,1-2H3. The highest BCUT2D eigenvalue weighted by Gasteiger charge is 2.27. The summed E-state index contributed by atoms with van der Waals surface area (Å²) in [7, 11) is 1.70. The van der Waals surface area contributed by atoms with Gasteiger partial charge < -0.3 is 9.47 Å². The topological polar surface area (TPSA) is 18.5 Å². The third-order valence-corrected chi connectivity index (χ3v) is 5.23. The van der Waals surface area contributed by atoms with Crippen LogP contribution in [0.15, 0.2) is 65.6 Å². The zero-order valence-electron chi connectivity index (χ0n) is 12.5. The minimum Gasteiger partial charge on any atom is -0.467 e. The van der Waals surface area contributed by atoms with E-state index in [-0.39, 0.29) is 11.5 Å². The molecule has 0 aliphatic carbocycles. The minimum absolute atomic E-state index is 0.185. The molecule has 0 bridgehead atoms. The second-order valence-electron chi connectivity index (χ2n) is 4.44. The molecule has 0 spiro atoms. The Balaban J connectivity index is 2.23. The Morgan fingerprint density at radius 1 is 1.00 bits per heavy atom. The zero-order chi connectivity index (χ0) is 15.8. The molecule has 116 valence electrons. The molecule has 2 aromatic rings. The molecule has 0 saturated heterocycles. The quantitative estimate of drug-likeness (QED) is 0.406. The fourth-order valence-corrected chi connectivity index (χ4v) is 3.26. The van der Waals surface area contributed by atoms with Gasteiger partial charge in [0.2, 0.25) is 4.38 Å². The lowest BCUT2D eigenvalue weighted by Crippen LogP contribution is -2.22. The summed E-state index contributed by atoms with van der Waals surface area (Å²) in [6.07, 6.45) is 1.66. The number of rotatable bonds is 6. The van der Waals surface area contributed by atoms with Crippen molar-refractivity contribution in [2.24, 2.45) is 0 Å². The third-order valence-electron chi connectivity index (χ3n) is 2.99. The van der Waals surface area contributed by atoms with Gasteiger partial charge in [0.1, 0.15) is 5.44 Å². The Bertz CT molecular complexity index is 575. The van der Waals surface area contributed by atoms with Crippen molar-refractivity contribution in [3.63, 3.8) is 0 Å². The van der Waals surface area contributed by atoms with Gasteiger partial charge in [-0.1, -0.05) is 72.1 Å². The van der Waals surface area contributed by atoms with Crippen LogP contribution in [0.4, 0.5) is 0 Å². The predicted octanol–water partition coefficient (Wildman–Crippen LogP) is 5.16. The van der Waals surface area contributed by atoms with E-state index in [1.54, 1.807) is 18.9 Å². The molecule has 0 radical (unpaired) electrons. The first-order valence-electron chi connectivity index (χ1n) is 6.78. The van der Waals surface area contributed by atoms with Crippen molar-refractivity contribution >= 4 is 40.1 Å². The molecule has 0 aromatic heterocycles. The minimum atomic E-state index is -0.253. The van der Waals surface area contributed by atoms with Crippen LogP contribution in [0.2, 0.25) is 0 Å². The van der Waals surface area contributed by atoms with Gasteiger partial charge in [0.25, 0.3) is 0 Å². The largest absolute Gasteiger partial charge is 0.467 e. The van der Waals surface area contributed by atoms with Crippen LogP contribution in [-0.4, -0.2) is 23.2 Å². The lowest BCUT2D eigenvalue weighted by atomic mass is 10.1. The van der Waals surface area contributed by atoms with E-state index < -0.39 is 0 Å². The highest BCUT2D eigenvalue weighted by Crippen LogP contribution is 2.35. The van der Waals surface area contributed by atoms with E-state index >= 15 is 0 Å². The van der Waals surface area contributed by atoms with Crippen molar-refractivity contribution in [1.82, 2.24) is 0 Å². The van der Waals surface area contributed by atoms with Gasteiger partial charge in [-0.3, -0.25) is 0 Å². The Hall–Kier alpha value is -1.01. The van der Waals surface area contributed by atoms with Crippen molar-refractivity contribution in [1.29, 1.82) is 0 Å². The van der Waals surface area contributed by atoms with Gasteiger partial charge in [0.15, 0.2) is 6.10 Å². The summed E-state index contributed by atoms with van der Waals surface area (Å²) < 4.78 is 12.2. The van der Waals surface area contributed by atoms with Gasteiger partial charge in [-0.2, -0.15) is 0 Å². The number of hydrogen-bond acceptors (Lipinski definition) is 5. The first-order valence-corrected chi connectivity index (χ1v) is 9.30. The van der Waals surface area contributed by atoms with Crippen molar-refractivity contribution in [3.8, 4) is 0 Å².